The summed E-state index contributed by atoms with van der Waals surface area (Å²) in [5, 5.41) is 11.0. The zero-order valence-electron chi connectivity index (χ0n) is 19.2. The Kier molecular flexibility index (Phi) is 5.37. The maximum Gasteiger partial charge on any atom is 0.338 e. The van der Waals surface area contributed by atoms with Gasteiger partial charge in [0.05, 0.1) is 18.6 Å². The van der Waals surface area contributed by atoms with Gasteiger partial charge in [-0.3, -0.25) is 4.90 Å². The molecule has 4 atom stereocenters. The van der Waals surface area contributed by atoms with E-state index in [0.717, 1.165) is 49.4 Å². The van der Waals surface area contributed by atoms with Gasteiger partial charge < -0.3 is 24.1 Å². The van der Waals surface area contributed by atoms with E-state index < -0.39 is 17.7 Å². The number of benzene rings is 1. The van der Waals surface area contributed by atoms with Crippen molar-refractivity contribution in [1.82, 2.24) is 4.90 Å². The van der Waals surface area contributed by atoms with E-state index in [2.05, 4.69) is 23.1 Å². The summed E-state index contributed by atoms with van der Waals surface area (Å²) in [5.74, 6) is 1.48. The second kappa shape index (κ2) is 7.96. The number of esters is 1. The number of nitrogens with zero attached hydrogens (tertiary/aromatic N) is 1. The normalized spacial score (nSPS) is 29.9. The molecule has 1 N–H and O–H groups in total. The monoisotopic (exact) mass is 443 g/mol. The Morgan fingerprint density at radius 2 is 2.06 bits per heavy atom. The van der Waals surface area contributed by atoms with Crippen LogP contribution < -0.4 is 9.47 Å². The first kappa shape index (κ1) is 21.6. The lowest BCUT2D eigenvalue weighted by Crippen LogP contribution is -2.49. The van der Waals surface area contributed by atoms with Crippen LogP contribution in [-0.4, -0.2) is 60.2 Å². The third-order valence-corrected chi connectivity index (χ3v) is 7.83. The minimum atomic E-state index is -1.48. The van der Waals surface area contributed by atoms with E-state index in [1.165, 1.54) is 5.56 Å². The fourth-order valence-electron chi connectivity index (χ4n) is 6.16. The molecule has 1 spiro atoms. The maximum atomic E-state index is 13.2. The van der Waals surface area contributed by atoms with E-state index in [-0.39, 0.29) is 18.2 Å². The number of hydrogen-bond acceptors (Lipinski definition) is 7. The molecule has 7 heteroatoms. The van der Waals surface area contributed by atoms with Gasteiger partial charge in [0.1, 0.15) is 5.76 Å². The van der Waals surface area contributed by atoms with Crippen LogP contribution in [0.3, 0.4) is 0 Å². The molecule has 1 saturated heterocycles. The molecule has 3 heterocycles. The fraction of sp³-hybridized carbons (Fsp3) is 0.640. The van der Waals surface area contributed by atoms with E-state index in [1.807, 2.05) is 13.8 Å². The summed E-state index contributed by atoms with van der Waals surface area (Å²) < 4.78 is 23.3. The number of rotatable bonds is 6. The third-order valence-electron chi connectivity index (χ3n) is 7.83. The molecule has 5 rings (SSSR count). The Morgan fingerprint density at radius 1 is 1.28 bits per heavy atom. The van der Waals surface area contributed by atoms with Gasteiger partial charge in [-0.1, -0.05) is 20.3 Å². The Morgan fingerprint density at radius 3 is 2.78 bits per heavy atom. The van der Waals surface area contributed by atoms with Gasteiger partial charge in [0.25, 0.3) is 0 Å². The van der Waals surface area contributed by atoms with Gasteiger partial charge in [-0.05, 0) is 68.0 Å². The summed E-state index contributed by atoms with van der Waals surface area (Å²) >= 11 is 0. The highest BCUT2D eigenvalue weighted by atomic mass is 16.7. The zero-order chi connectivity index (χ0) is 22.5. The van der Waals surface area contributed by atoms with Gasteiger partial charge in [-0.25, -0.2) is 4.79 Å². The molecule has 0 bridgehead atoms. The van der Waals surface area contributed by atoms with E-state index >= 15 is 0 Å². The summed E-state index contributed by atoms with van der Waals surface area (Å²) in [6.45, 7) is 5.92. The number of carbonyl (C=O) groups is 1. The molecule has 1 fully saturated rings. The summed E-state index contributed by atoms with van der Waals surface area (Å²) in [5.41, 5.74) is 0.556. The first-order valence-electron chi connectivity index (χ1n) is 11.8. The Labute approximate surface area is 189 Å². The van der Waals surface area contributed by atoms with Crippen LogP contribution in [0, 0.1) is 0 Å². The summed E-state index contributed by atoms with van der Waals surface area (Å²) in [6, 6.07) is 4.15. The number of carbonyl (C=O) groups excluding carboxylic acids is 1. The number of hydrogen-bond donors (Lipinski definition) is 1. The molecular formula is C25H33NO6. The Hall–Kier alpha value is -2.25. The van der Waals surface area contributed by atoms with Crippen molar-refractivity contribution < 1.29 is 28.8 Å². The summed E-state index contributed by atoms with van der Waals surface area (Å²) in [6.07, 6.45) is 5.92. The largest absolute Gasteiger partial charge is 0.497 e. The van der Waals surface area contributed by atoms with Gasteiger partial charge in [0, 0.05) is 6.54 Å². The highest BCUT2D eigenvalue weighted by molar-refractivity contribution is 5.79. The van der Waals surface area contributed by atoms with E-state index in [0.29, 0.717) is 25.0 Å². The van der Waals surface area contributed by atoms with E-state index in [9.17, 15) is 9.90 Å². The van der Waals surface area contributed by atoms with Crippen LogP contribution in [0.5, 0.6) is 11.5 Å². The molecule has 0 aromatic heterocycles. The van der Waals surface area contributed by atoms with Gasteiger partial charge in [0.15, 0.2) is 23.2 Å². The first-order valence-corrected chi connectivity index (χ1v) is 11.8. The summed E-state index contributed by atoms with van der Waals surface area (Å²) in [7, 11) is 1.63. The summed E-state index contributed by atoms with van der Waals surface area (Å²) in [4.78, 5) is 15.7. The molecule has 0 unspecified atom stereocenters. The molecule has 1 aromatic carbocycles. The molecule has 7 nitrogen and oxygen atoms in total. The third kappa shape index (κ3) is 3.12. The van der Waals surface area contributed by atoms with Gasteiger partial charge in [-0.2, -0.15) is 0 Å². The molecule has 4 aliphatic rings. The van der Waals surface area contributed by atoms with Crippen molar-refractivity contribution in [3.63, 3.8) is 0 Å². The Balaban J connectivity index is 1.59. The van der Waals surface area contributed by atoms with Crippen molar-refractivity contribution in [2.45, 2.75) is 75.5 Å². The van der Waals surface area contributed by atoms with Crippen molar-refractivity contribution in [1.29, 1.82) is 0 Å². The van der Waals surface area contributed by atoms with Gasteiger partial charge in [0.2, 0.25) is 6.79 Å². The maximum absolute atomic E-state index is 13.2. The quantitative estimate of drug-likeness (QED) is 0.676. The van der Waals surface area contributed by atoms with Crippen molar-refractivity contribution in [2.24, 2.45) is 0 Å². The molecule has 1 aliphatic carbocycles. The fourth-order valence-corrected chi connectivity index (χ4v) is 6.16. The number of methoxy groups -OCH3 is 1. The van der Waals surface area contributed by atoms with Crippen LogP contribution >= 0.6 is 0 Å². The average molecular weight is 444 g/mol. The second-order valence-electron chi connectivity index (χ2n) is 9.43. The topological polar surface area (TPSA) is 77.5 Å². The molecule has 1 aromatic rings. The van der Waals surface area contributed by atoms with Gasteiger partial charge in [-0.15, -0.1) is 0 Å². The lowest BCUT2D eigenvalue weighted by molar-refractivity contribution is -0.173. The lowest BCUT2D eigenvalue weighted by atomic mass is 9.77. The van der Waals surface area contributed by atoms with Crippen LogP contribution in [0.1, 0.15) is 63.0 Å². The number of fused-ring (bicyclic) bond motifs is 3. The minimum Gasteiger partial charge on any atom is -0.497 e. The van der Waals surface area contributed by atoms with E-state index in [1.54, 1.807) is 7.11 Å². The first-order chi connectivity index (χ1) is 15.5. The van der Waals surface area contributed by atoms with Crippen molar-refractivity contribution in [3.8, 4) is 11.5 Å². The van der Waals surface area contributed by atoms with Crippen molar-refractivity contribution in [2.75, 3.05) is 27.0 Å². The Bertz CT molecular complexity index is 945. The number of aliphatic hydroxyl groups is 1. The predicted octanol–water partition coefficient (Wildman–Crippen LogP) is 3.29. The molecule has 3 aliphatic heterocycles. The molecule has 174 valence electrons. The minimum absolute atomic E-state index is 0.126. The average Bonchev–Trinajstić information content (AvgIpc) is 3.47. The highest BCUT2D eigenvalue weighted by Gasteiger charge is 2.58. The molecular weight excluding hydrogens is 410 g/mol. The SMILES string of the molecule is CCC[C@@](O)(CC)C(=O)O[C@@H]1C(OC)=C[C@]23CCCN2CCc2cc4c(cc2[C@H]13)OCO4. The standard InChI is InChI=1S/C25H33NO6/c1-4-8-25(28,5-2)23(27)32-22-20(29-3)14-24-9-6-10-26(24)11-7-16-12-18-19(31-15-30-18)13-17(16)21(22)24/h12-14,21-22,28H,4-11,15H2,1-3H3/t21-,22-,24+,25+/m1/s1. The van der Waals surface area contributed by atoms with Crippen LogP contribution in [0.4, 0.5) is 0 Å². The van der Waals surface area contributed by atoms with Crippen LogP contribution in [0.25, 0.3) is 0 Å². The lowest BCUT2D eigenvalue weighted by Gasteiger charge is -2.39. The molecule has 32 heavy (non-hydrogen) atoms. The van der Waals surface area contributed by atoms with E-state index in [4.69, 9.17) is 18.9 Å². The predicted molar refractivity (Wildman–Crippen MR) is 118 cm³/mol. The van der Waals surface area contributed by atoms with Gasteiger partial charge >= 0.3 is 5.97 Å². The van der Waals surface area contributed by atoms with Crippen molar-refractivity contribution in [3.05, 3.63) is 35.1 Å². The van der Waals surface area contributed by atoms with Crippen LogP contribution in [-0.2, 0) is 20.7 Å². The van der Waals surface area contributed by atoms with Crippen LogP contribution in [0.2, 0.25) is 0 Å². The molecule has 0 radical (unpaired) electrons. The highest BCUT2D eigenvalue weighted by Crippen LogP contribution is 2.55. The molecule has 0 saturated carbocycles. The second-order valence-corrected chi connectivity index (χ2v) is 9.43. The van der Waals surface area contributed by atoms with Crippen LogP contribution in [0.15, 0.2) is 24.0 Å². The van der Waals surface area contributed by atoms with Crippen molar-refractivity contribution >= 4 is 5.97 Å². The number of ether oxygens (including phenoxy) is 4. The zero-order valence-corrected chi connectivity index (χ0v) is 19.2. The smallest absolute Gasteiger partial charge is 0.338 e. The molecule has 0 amide bonds.